The summed E-state index contributed by atoms with van der Waals surface area (Å²) in [7, 11) is -1.02. The highest BCUT2D eigenvalue weighted by molar-refractivity contribution is 7.84. The van der Waals surface area contributed by atoms with Crippen LogP contribution in [0.15, 0.2) is 18.2 Å². The molecule has 0 fully saturated rings. The first-order valence-electron chi connectivity index (χ1n) is 4.98. The van der Waals surface area contributed by atoms with Gasteiger partial charge in [0.1, 0.15) is 11.3 Å². The predicted octanol–water partition coefficient (Wildman–Crippen LogP) is 1.08. The van der Waals surface area contributed by atoms with Gasteiger partial charge in [-0.05, 0) is 12.1 Å². The molecule has 98 valence electrons. The Morgan fingerprint density at radius 1 is 1.56 bits per heavy atom. The van der Waals surface area contributed by atoms with Crippen molar-refractivity contribution in [3.63, 3.8) is 0 Å². The maximum Gasteiger partial charge on any atom is 0.342 e. The van der Waals surface area contributed by atoms with E-state index in [1.165, 1.54) is 24.5 Å². The van der Waals surface area contributed by atoms with Crippen molar-refractivity contribution >= 4 is 28.1 Å². The van der Waals surface area contributed by atoms with E-state index in [1.807, 2.05) is 0 Å². The summed E-state index contributed by atoms with van der Waals surface area (Å²) in [6, 6.07) is 4.01. The fourth-order valence-electron chi connectivity index (χ4n) is 1.38. The van der Waals surface area contributed by atoms with E-state index in [9.17, 15) is 19.1 Å². The highest BCUT2D eigenvalue weighted by Crippen LogP contribution is 2.28. The minimum Gasteiger partial charge on any atom is -0.477 e. The van der Waals surface area contributed by atoms with Gasteiger partial charge >= 0.3 is 11.7 Å². The van der Waals surface area contributed by atoms with Gasteiger partial charge in [-0.3, -0.25) is 14.3 Å². The molecule has 0 aliphatic carbocycles. The Morgan fingerprint density at radius 2 is 2.22 bits per heavy atom. The third-order valence-corrected chi connectivity index (χ3v) is 2.93. The number of benzene rings is 1. The minimum atomic E-state index is -1.36. The van der Waals surface area contributed by atoms with Crippen LogP contribution in [0.4, 0.5) is 11.4 Å². The number of nitrogens with one attached hydrogen (secondary N) is 1. The third kappa shape index (κ3) is 3.52. The van der Waals surface area contributed by atoms with E-state index < -0.39 is 27.4 Å². The standard InChI is InChI=1S/C10H12N2O5S/c1-18(17)6-5-11-8-4-2-3-7(10(13)14)9(8)12(15)16/h2-4,11H,5-6H2,1H3,(H,13,14). The zero-order valence-electron chi connectivity index (χ0n) is 9.58. The second-order valence-electron chi connectivity index (χ2n) is 3.47. The predicted molar refractivity (Wildman–Crippen MR) is 67.5 cm³/mol. The highest BCUT2D eigenvalue weighted by atomic mass is 32.2. The number of anilines is 1. The lowest BCUT2D eigenvalue weighted by Crippen LogP contribution is -2.12. The molecule has 8 heteroatoms. The monoisotopic (exact) mass is 272 g/mol. The summed E-state index contributed by atoms with van der Waals surface area (Å²) in [6.45, 7) is 0.271. The molecular formula is C10H12N2O5S. The first-order chi connectivity index (χ1) is 8.43. The van der Waals surface area contributed by atoms with Crippen molar-refractivity contribution in [2.75, 3.05) is 23.9 Å². The van der Waals surface area contributed by atoms with Crippen LogP contribution in [0.1, 0.15) is 10.4 Å². The SMILES string of the molecule is CS(=O)CCNc1cccc(C(=O)O)c1[N+](=O)[O-]. The van der Waals surface area contributed by atoms with Crippen LogP contribution in [0.2, 0.25) is 0 Å². The van der Waals surface area contributed by atoms with Crippen molar-refractivity contribution in [2.24, 2.45) is 0 Å². The number of hydrogen-bond donors (Lipinski definition) is 2. The summed E-state index contributed by atoms with van der Waals surface area (Å²) >= 11 is 0. The van der Waals surface area contributed by atoms with Gasteiger partial charge < -0.3 is 10.4 Å². The molecule has 7 nitrogen and oxygen atoms in total. The average molecular weight is 272 g/mol. The number of aromatic carboxylic acids is 1. The van der Waals surface area contributed by atoms with Crippen molar-refractivity contribution in [3.05, 3.63) is 33.9 Å². The molecule has 18 heavy (non-hydrogen) atoms. The number of para-hydroxylation sites is 1. The molecule has 0 radical (unpaired) electrons. The summed E-state index contributed by atoms with van der Waals surface area (Å²) in [6.07, 6.45) is 1.52. The van der Waals surface area contributed by atoms with Crippen molar-refractivity contribution < 1.29 is 19.0 Å². The number of nitro groups is 1. The molecule has 1 atom stereocenters. The maximum atomic E-state index is 10.9. The van der Waals surface area contributed by atoms with Crippen LogP contribution in [-0.2, 0) is 10.8 Å². The summed E-state index contributed by atoms with van der Waals surface area (Å²) in [5, 5.41) is 22.5. The second-order valence-corrected chi connectivity index (χ2v) is 5.02. The molecule has 1 unspecified atom stereocenters. The highest BCUT2D eigenvalue weighted by Gasteiger charge is 2.23. The molecule has 0 spiro atoms. The van der Waals surface area contributed by atoms with Crippen LogP contribution in [0.5, 0.6) is 0 Å². The summed E-state index contributed by atoms with van der Waals surface area (Å²) in [5.74, 6) is -1.03. The number of carboxylic acids is 1. The number of rotatable bonds is 6. The Kier molecular flexibility index (Phi) is 4.78. The van der Waals surface area contributed by atoms with Crippen molar-refractivity contribution in [1.82, 2.24) is 0 Å². The maximum absolute atomic E-state index is 10.9. The van der Waals surface area contributed by atoms with Crippen LogP contribution in [0, 0.1) is 10.1 Å². The quantitative estimate of drug-likeness (QED) is 0.592. The number of hydrogen-bond acceptors (Lipinski definition) is 5. The smallest absolute Gasteiger partial charge is 0.342 e. The molecular weight excluding hydrogens is 260 g/mol. The molecule has 1 rings (SSSR count). The van der Waals surface area contributed by atoms with E-state index in [2.05, 4.69) is 5.32 Å². The molecule has 0 aliphatic rings. The zero-order chi connectivity index (χ0) is 13.7. The van der Waals surface area contributed by atoms with Gasteiger partial charge in [-0.2, -0.15) is 0 Å². The lowest BCUT2D eigenvalue weighted by molar-refractivity contribution is -0.384. The molecule has 2 N–H and O–H groups in total. The Hall–Kier alpha value is -1.96. The van der Waals surface area contributed by atoms with Crippen LogP contribution < -0.4 is 5.32 Å². The zero-order valence-corrected chi connectivity index (χ0v) is 10.4. The van der Waals surface area contributed by atoms with Crippen LogP contribution in [-0.4, -0.2) is 38.8 Å². The molecule has 0 aromatic heterocycles. The Morgan fingerprint density at radius 3 is 2.72 bits per heavy atom. The van der Waals surface area contributed by atoms with Gasteiger partial charge in [0.05, 0.1) is 4.92 Å². The summed E-state index contributed by atoms with van der Waals surface area (Å²) in [4.78, 5) is 21.0. The van der Waals surface area contributed by atoms with Gasteiger partial charge in [-0.15, -0.1) is 0 Å². The Labute approximate surface area is 105 Å². The van der Waals surface area contributed by atoms with E-state index in [-0.39, 0.29) is 17.8 Å². The number of carbonyl (C=O) groups is 1. The first kappa shape index (κ1) is 14.1. The fraction of sp³-hybridized carbons (Fsp3) is 0.300. The van der Waals surface area contributed by atoms with Gasteiger partial charge in [-0.25, -0.2) is 4.79 Å². The normalized spacial score (nSPS) is 11.8. The molecule has 1 aromatic rings. The van der Waals surface area contributed by atoms with Gasteiger partial charge in [0.15, 0.2) is 0 Å². The lowest BCUT2D eigenvalue weighted by Gasteiger charge is -2.07. The molecule has 1 aromatic carbocycles. The lowest BCUT2D eigenvalue weighted by atomic mass is 10.1. The molecule has 0 heterocycles. The third-order valence-electron chi connectivity index (χ3n) is 2.15. The van der Waals surface area contributed by atoms with Gasteiger partial charge in [0.2, 0.25) is 0 Å². The van der Waals surface area contributed by atoms with Crippen LogP contribution >= 0.6 is 0 Å². The molecule has 0 saturated carbocycles. The molecule has 0 amide bonds. The van der Waals surface area contributed by atoms with Crippen LogP contribution in [0.3, 0.4) is 0 Å². The summed E-state index contributed by atoms with van der Waals surface area (Å²) < 4.78 is 10.9. The Bertz CT molecular complexity index is 503. The van der Waals surface area contributed by atoms with E-state index >= 15 is 0 Å². The topological polar surface area (TPSA) is 110 Å². The van der Waals surface area contributed by atoms with E-state index in [4.69, 9.17) is 5.11 Å². The van der Waals surface area contributed by atoms with Gasteiger partial charge in [-0.1, -0.05) is 6.07 Å². The molecule has 0 aliphatic heterocycles. The number of carboxylic acid groups (broad SMARTS) is 1. The number of nitro benzene ring substituents is 1. The average Bonchev–Trinajstić information content (AvgIpc) is 2.27. The van der Waals surface area contributed by atoms with Crippen molar-refractivity contribution in [1.29, 1.82) is 0 Å². The molecule has 0 saturated heterocycles. The van der Waals surface area contributed by atoms with Crippen LogP contribution in [0.25, 0.3) is 0 Å². The first-order valence-corrected chi connectivity index (χ1v) is 6.70. The van der Waals surface area contributed by atoms with Gasteiger partial charge in [0.25, 0.3) is 0 Å². The number of nitrogens with zero attached hydrogens (tertiary/aromatic N) is 1. The van der Waals surface area contributed by atoms with Gasteiger partial charge in [0, 0.05) is 29.4 Å². The fourth-order valence-corrected chi connectivity index (χ4v) is 1.77. The van der Waals surface area contributed by atoms with E-state index in [0.717, 1.165) is 0 Å². The minimum absolute atomic E-state index is 0.116. The molecule has 0 bridgehead atoms. The van der Waals surface area contributed by atoms with Crippen molar-refractivity contribution in [3.8, 4) is 0 Å². The van der Waals surface area contributed by atoms with Crippen molar-refractivity contribution in [2.45, 2.75) is 0 Å². The van der Waals surface area contributed by atoms with E-state index in [1.54, 1.807) is 0 Å². The second kappa shape index (κ2) is 6.10. The van der Waals surface area contributed by atoms with E-state index in [0.29, 0.717) is 5.75 Å². The summed E-state index contributed by atoms with van der Waals surface area (Å²) in [5.41, 5.74) is -0.736. The largest absolute Gasteiger partial charge is 0.477 e. The Balaban J connectivity index is 3.03.